The first-order chi connectivity index (χ1) is 13.6. The van der Waals surface area contributed by atoms with Gasteiger partial charge in [0.1, 0.15) is 5.75 Å². The number of imide groups is 1. The van der Waals surface area contributed by atoms with Crippen LogP contribution in [-0.4, -0.2) is 60.5 Å². The molecule has 0 aliphatic carbocycles. The number of hydrogen-bond acceptors (Lipinski definition) is 6. The topological polar surface area (TPSA) is 76.1 Å². The van der Waals surface area contributed by atoms with Gasteiger partial charge in [-0.1, -0.05) is 25.5 Å². The Hall–Kier alpha value is -1.83. The van der Waals surface area contributed by atoms with E-state index in [2.05, 4.69) is 6.92 Å². The van der Waals surface area contributed by atoms with Gasteiger partial charge in [0.2, 0.25) is 0 Å². The first-order valence-corrected chi connectivity index (χ1v) is 10.8. The Bertz CT molecular complexity index is 687. The predicted octanol–water partition coefficient (Wildman–Crippen LogP) is 3.10. The molecule has 0 aromatic heterocycles. The molecule has 154 valence electrons. The van der Waals surface area contributed by atoms with Crippen molar-refractivity contribution in [2.45, 2.75) is 33.1 Å². The van der Waals surface area contributed by atoms with Crippen molar-refractivity contribution in [2.75, 3.05) is 38.7 Å². The molecule has 1 heterocycles. The third-order valence-electron chi connectivity index (χ3n) is 4.23. The Balaban J connectivity index is 2.11. The maximum Gasteiger partial charge on any atom is 0.267 e. The first kappa shape index (κ1) is 22.5. The molecule has 0 saturated heterocycles. The number of rotatable bonds is 13. The molecule has 28 heavy (non-hydrogen) atoms. The molecule has 6 nitrogen and oxygen atoms in total. The fraction of sp³-hybridized carbons (Fsp3) is 0.524. The van der Waals surface area contributed by atoms with Crippen LogP contribution < -0.4 is 4.74 Å². The van der Waals surface area contributed by atoms with Crippen LogP contribution in [0.4, 0.5) is 0 Å². The molecule has 2 rings (SSSR count). The molecule has 0 bridgehead atoms. The summed E-state index contributed by atoms with van der Waals surface area (Å²) in [6, 6.07) is 7.18. The molecule has 1 aliphatic heterocycles. The van der Waals surface area contributed by atoms with Crippen LogP contribution in [0.2, 0.25) is 0 Å². The van der Waals surface area contributed by atoms with Crippen LogP contribution >= 0.6 is 11.8 Å². The molecule has 2 amide bonds. The Kier molecular flexibility index (Phi) is 9.54. The minimum absolute atomic E-state index is 0.0581. The second-order valence-electron chi connectivity index (χ2n) is 6.32. The number of benzene rings is 1. The molecule has 0 saturated carbocycles. The van der Waals surface area contributed by atoms with E-state index in [9.17, 15) is 9.59 Å². The summed E-state index contributed by atoms with van der Waals surface area (Å²) in [5, 5.41) is 9.15. The van der Waals surface area contributed by atoms with Crippen molar-refractivity contribution >= 4 is 29.1 Å². The molecule has 0 spiro atoms. The summed E-state index contributed by atoms with van der Waals surface area (Å²) in [5.41, 5.74) is 1.09. The van der Waals surface area contributed by atoms with Crippen molar-refractivity contribution in [2.24, 2.45) is 0 Å². The van der Waals surface area contributed by atoms with E-state index in [0.29, 0.717) is 60.3 Å². The van der Waals surface area contributed by atoms with Crippen LogP contribution in [-0.2, 0) is 14.3 Å². The molecular weight excluding hydrogens is 378 g/mol. The number of thioether (sulfide) groups is 1. The summed E-state index contributed by atoms with van der Waals surface area (Å²) >= 11 is 1.22. The highest BCUT2D eigenvalue weighted by Gasteiger charge is 2.38. The molecule has 1 aromatic rings. The van der Waals surface area contributed by atoms with Gasteiger partial charge in [-0.05, 0) is 37.5 Å². The van der Waals surface area contributed by atoms with Gasteiger partial charge in [0.25, 0.3) is 11.8 Å². The van der Waals surface area contributed by atoms with E-state index in [1.165, 1.54) is 16.7 Å². The lowest BCUT2D eigenvalue weighted by molar-refractivity contribution is -0.136. The zero-order valence-electron chi connectivity index (χ0n) is 16.6. The largest absolute Gasteiger partial charge is 0.494 e. The number of ether oxygens (including phenoxy) is 2. The highest BCUT2D eigenvalue weighted by molar-refractivity contribution is 8.04. The average molecular weight is 408 g/mol. The van der Waals surface area contributed by atoms with Crippen LogP contribution in [0.3, 0.4) is 0 Å². The van der Waals surface area contributed by atoms with Crippen LogP contribution in [0.1, 0.15) is 38.7 Å². The number of carbonyl (C=O) groups excluding carboxylic acids is 2. The van der Waals surface area contributed by atoms with Gasteiger partial charge in [0.05, 0.1) is 23.7 Å². The summed E-state index contributed by atoms with van der Waals surface area (Å²) in [7, 11) is 0. The average Bonchev–Trinajstić information content (AvgIpc) is 2.93. The van der Waals surface area contributed by atoms with Crippen molar-refractivity contribution in [3.63, 3.8) is 0 Å². The lowest BCUT2D eigenvalue weighted by atomic mass is 10.1. The van der Waals surface area contributed by atoms with Crippen LogP contribution in [0, 0.1) is 0 Å². The zero-order chi connectivity index (χ0) is 20.4. The van der Waals surface area contributed by atoms with Crippen LogP contribution in [0.5, 0.6) is 5.75 Å². The van der Waals surface area contributed by atoms with Gasteiger partial charge in [-0.2, -0.15) is 0 Å². The number of amides is 2. The number of hydrogen-bond donors (Lipinski definition) is 1. The van der Waals surface area contributed by atoms with E-state index >= 15 is 0 Å². The van der Waals surface area contributed by atoms with Crippen LogP contribution in [0.25, 0.3) is 5.57 Å². The number of aliphatic hydroxyl groups is 1. The Morgan fingerprint density at radius 2 is 1.75 bits per heavy atom. The normalized spacial score (nSPS) is 14.3. The predicted molar refractivity (Wildman–Crippen MR) is 111 cm³/mol. The van der Waals surface area contributed by atoms with E-state index in [0.717, 1.165) is 12.8 Å². The SMILES string of the molecule is CCCCOCCCN1C(=O)C(SCCO)=C(c2ccc(OCC)cc2)C1=O. The lowest BCUT2D eigenvalue weighted by Crippen LogP contribution is -2.33. The van der Waals surface area contributed by atoms with Crippen molar-refractivity contribution < 1.29 is 24.2 Å². The van der Waals surface area contributed by atoms with Gasteiger partial charge in [-0.3, -0.25) is 14.5 Å². The summed E-state index contributed by atoms with van der Waals surface area (Å²) in [6.07, 6.45) is 2.69. The Morgan fingerprint density at radius 1 is 1.04 bits per heavy atom. The molecule has 0 radical (unpaired) electrons. The molecule has 0 unspecified atom stereocenters. The molecule has 1 aromatic carbocycles. The lowest BCUT2D eigenvalue weighted by Gasteiger charge is -2.15. The van der Waals surface area contributed by atoms with E-state index in [-0.39, 0.29) is 18.4 Å². The third kappa shape index (κ3) is 5.83. The summed E-state index contributed by atoms with van der Waals surface area (Å²) < 4.78 is 11.0. The van der Waals surface area contributed by atoms with Gasteiger partial charge in [-0.15, -0.1) is 11.8 Å². The number of carbonyl (C=O) groups is 2. The number of aliphatic hydroxyl groups excluding tert-OH is 1. The van der Waals surface area contributed by atoms with E-state index < -0.39 is 0 Å². The molecule has 1 N–H and O–H groups in total. The second-order valence-corrected chi connectivity index (χ2v) is 7.42. The van der Waals surface area contributed by atoms with Crippen LogP contribution in [0.15, 0.2) is 29.2 Å². The quantitative estimate of drug-likeness (QED) is 0.400. The highest BCUT2D eigenvalue weighted by Crippen LogP contribution is 2.36. The highest BCUT2D eigenvalue weighted by atomic mass is 32.2. The molecule has 7 heteroatoms. The van der Waals surface area contributed by atoms with Crippen molar-refractivity contribution in [1.82, 2.24) is 4.90 Å². The van der Waals surface area contributed by atoms with Gasteiger partial charge >= 0.3 is 0 Å². The minimum atomic E-state index is -0.291. The van der Waals surface area contributed by atoms with Crippen molar-refractivity contribution in [3.8, 4) is 5.75 Å². The molecule has 1 aliphatic rings. The number of unbranched alkanes of at least 4 members (excludes halogenated alkanes) is 1. The smallest absolute Gasteiger partial charge is 0.267 e. The van der Waals surface area contributed by atoms with Gasteiger partial charge in [0.15, 0.2) is 0 Å². The fourth-order valence-electron chi connectivity index (χ4n) is 2.85. The van der Waals surface area contributed by atoms with Crippen molar-refractivity contribution in [3.05, 3.63) is 34.7 Å². The maximum absolute atomic E-state index is 13.0. The monoisotopic (exact) mass is 407 g/mol. The Morgan fingerprint density at radius 3 is 2.39 bits per heavy atom. The maximum atomic E-state index is 13.0. The van der Waals surface area contributed by atoms with E-state index in [4.69, 9.17) is 14.6 Å². The zero-order valence-corrected chi connectivity index (χ0v) is 17.4. The molecule has 0 atom stereocenters. The van der Waals surface area contributed by atoms with Gasteiger partial charge < -0.3 is 14.6 Å². The third-order valence-corrected chi connectivity index (χ3v) is 5.28. The first-order valence-electron chi connectivity index (χ1n) is 9.79. The molecule has 0 fully saturated rings. The van der Waals surface area contributed by atoms with E-state index in [1.807, 2.05) is 6.92 Å². The molecular formula is C21H29NO5S. The fourth-order valence-corrected chi connectivity index (χ4v) is 3.73. The summed E-state index contributed by atoms with van der Waals surface area (Å²) in [4.78, 5) is 27.5. The second kappa shape index (κ2) is 11.9. The summed E-state index contributed by atoms with van der Waals surface area (Å²) in [6.45, 7) is 6.06. The Labute approximate surface area is 170 Å². The summed E-state index contributed by atoms with van der Waals surface area (Å²) in [5.74, 6) is 0.501. The number of nitrogens with zero attached hydrogens (tertiary/aromatic N) is 1. The standard InChI is InChI=1S/C21H29NO5S/c1-3-5-13-26-14-6-11-22-20(24)18(19(21(22)25)28-15-12-23)16-7-9-17(10-8-16)27-4-2/h7-10,23H,3-6,11-15H2,1-2H3. The minimum Gasteiger partial charge on any atom is -0.494 e. The van der Waals surface area contributed by atoms with Gasteiger partial charge in [-0.25, -0.2) is 0 Å². The van der Waals surface area contributed by atoms with Gasteiger partial charge in [0, 0.05) is 25.5 Å². The van der Waals surface area contributed by atoms with E-state index in [1.54, 1.807) is 24.3 Å². The van der Waals surface area contributed by atoms with Crippen molar-refractivity contribution in [1.29, 1.82) is 0 Å².